The van der Waals surface area contributed by atoms with Gasteiger partial charge in [0.2, 0.25) is 0 Å². The molecule has 1 aliphatic carbocycles. The third kappa shape index (κ3) is 6.75. The maximum atomic E-state index is 13.0. The van der Waals surface area contributed by atoms with Gasteiger partial charge in [0.25, 0.3) is 10.1 Å². The molecule has 0 aliphatic heterocycles. The van der Waals surface area contributed by atoms with E-state index >= 15 is 0 Å². The number of carbonyl (C=O) groups excluding carboxylic acids is 4. The summed E-state index contributed by atoms with van der Waals surface area (Å²) in [6, 6.07) is 23.3. The first kappa shape index (κ1) is 27.7. The largest absolute Gasteiger partial charge is 0.455 e. The number of hydrogen-bond donors (Lipinski definition) is 0. The molecule has 0 bridgehead atoms. The summed E-state index contributed by atoms with van der Waals surface area (Å²) in [6.07, 6.45) is -4.17. The average Bonchev–Trinajstić information content (AvgIpc) is 3.61. The lowest BCUT2D eigenvalue weighted by molar-refractivity contribution is -0.131. The van der Waals surface area contributed by atoms with Crippen LogP contribution in [0.25, 0.3) is 0 Å². The van der Waals surface area contributed by atoms with Gasteiger partial charge < -0.3 is 14.2 Å². The summed E-state index contributed by atoms with van der Waals surface area (Å²) < 4.78 is 46.4. The van der Waals surface area contributed by atoms with Crippen LogP contribution in [-0.4, -0.2) is 62.8 Å². The van der Waals surface area contributed by atoms with E-state index in [4.69, 9.17) is 18.4 Å². The highest BCUT2D eigenvalue weighted by atomic mass is 32.2. The van der Waals surface area contributed by atoms with Crippen molar-refractivity contribution in [2.45, 2.75) is 30.3 Å². The molecule has 0 saturated heterocycles. The molecule has 3 aromatic carbocycles. The lowest BCUT2D eigenvalue weighted by Gasteiger charge is -2.30. The van der Waals surface area contributed by atoms with Crippen molar-refractivity contribution in [1.82, 2.24) is 0 Å². The second-order valence-electron chi connectivity index (χ2n) is 8.77. The van der Waals surface area contributed by atoms with Gasteiger partial charge in [-0.05, 0) is 36.4 Å². The quantitative estimate of drug-likeness (QED) is 0.151. The molecule has 4 atom stereocenters. The maximum Gasteiger partial charge on any atom is 0.338 e. The Morgan fingerprint density at radius 3 is 1.64 bits per heavy atom. The summed E-state index contributed by atoms with van der Waals surface area (Å²) in [5.41, 5.74) is -1.68. The van der Waals surface area contributed by atoms with Gasteiger partial charge in [0.15, 0.2) is 24.1 Å². The number of hydrogen-bond acceptors (Lipinski definition) is 10. The molecular weight excluding hydrogens is 528 g/mol. The van der Waals surface area contributed by atoms with Crippen molar-refractivity contribution in [3.8, 4) is 0 Å². The smallest absolute Gasteiger partial charge is 0.338 e. The molecule has 1 saturated carbocycles. The molecule has 39 heavy (non-hydrogen) atoms. The zero-order valence-electron chi connectivity index (χ0n) is 20.7. The minimum Gasteiger partial charge on any atom is -0.455 e. The first-order valence-corrected chi connectivity index (χ1v) is 13.6. The number of aldehydes is 1. The topological polar surface area (TPSA) is 139 Å². The van der Waals surface area contributed by atoms with Crippen molar-refractivity contribution in [2.75, 3.05) is 6.26 Å². The Balaban J connectivity index is 1.69. The van der Waals surface area contributed by atoms with Gasteiger partial charge in [-0.3, -0.25) is 8.98 Å². The van der Waals surface area contributed by atoms with E-state index in [1.807, 2.05) is 0 Å². The molecule has 0 radical (unpaired) electrons. The van der Waals surface area contributed by atoms with Gasteiger partial charge >= 0.3 is 17.9 Å². The first-order valence-electron chi connectivity index (χ1n) is 11.8. The van der Waals surface area contributed by atoms with Gasteiger partial charge in [0.05, 0.1) is 22.9 Å². The highest BCUT2D eigenvalue weighted by Crippen LogP contribution is 2.49. The van der Waals surface area contributed by atoms with Crippen molar-refractivity contribution in [3.05, 3.63) is 108 Å². The fourth-order valence-corrected chi connectivity index (χ4v) is 4.82. The summed E-state index contributed by atoms with van der Waals surface area (Å²) >= 11 is 0. The monoisotopic (exact) mass is 552 g/mol. The molecule has 3 aromatic rings. The molecule has 0 heterocycles. The zero-order valence-corrected chi connectivity index (χ0v) is 21.5. The third-order valence-corrected chi connectivity index (χ3v) is 6.48. The molecule has 0 N–H and O–H groups in total. The molecule has 0 aromatic heterocycles. The Morgan fingerprint density at radius 1 is 0.769 bits per heavy atom. The summed E-state index contributed by atoms with van der Waals surface area (Å²) in [6.45, 7) is 0. The predicted molar refractivity (Wildman–Crippen MR) is 136 cm³/mol. The molecule has 10 nitrogen and oxygen atoms in total. The van der Waals surface area contributed by atoms with Crippen molar-refractivity contribution in [1.29, 1.82) is 0 Å². The van der Waals surface area contributed by atoms with Crippen LogP contribution in [0.15, 0.2) is 91.0 Å². The predicted octanol–water partition coefficient (Wildman–Crippen LogP) is 2.98. The van der Waals surface area contributed by atoms with Crippen LogP contribution in [0.5, 0.6) is 0 Å². The molecule has 4 rings (SSSR count). The Hall–Kier alpha value is -4.35. The Bertz CT molecular complexity index is 1440. The first-order chi connectivity index (χ1) is 18.6. The van der Waals surface area contributed by atoms with Crippen molar-refractivity contribution < 1.29 is 46.0 Å². The second kappa shape index (κ2) is 11.6. The molecule has 11 heteroatoms. The molecule has 0 spiro atoms. The summed E-state index contributed by atoms with van der Waals surface area (Å²) in [5, 5.41) is 0. The van der Waals surface area contributed by atoms with E-state index in [9.17, 15) is 27.6 Å². The van der Waals surface area contributed by atoms with Crippen molar-refractivity contribution in [2.24, 2.45) is 0 Å². The van der Waals surface area contributed by atoms with Crippen LogP contribution in [0, 0.1) is 0 Å². The highest BCUT2D eigenvalue weighted by molar-refractivity contribution is 7.86. The van der Waals surface area contributed by atoms with E-state index in [2.05, 4.69) is 0 Å². The standard InChI is InChI=1S/C28H24O10S/c1-39(33,34)38-28(17-23(28)36-26(31)20-13-7-3-8-14-20)24(37-27(32)21-15-9-4-10-16-21)22(18-29)35-25(30)19-11-5-2-6-12-19/h2-16,18,22-24H,17H2,1H3/t22-,23?,24-,28?/m0/s1. The Kier molecular flexibility index (Phi) is 8.22. The number of carbonyl (C=O) groups is 4. The minimum absolute atomic E-state index is 0.0783. The minimum atomic E-state index is -4.26. The molecular formula is C28H24O10S. The van der Waals surface area contributed by atoms with Gasteiger partial charge in [0, 0.05) is 6.42 Å². The molecule has 202 valence electrons. The maximum absolute atomic E-state index is 13.0. The highest BCUT2D eigenvalue weighted by Gasteiger charge is 2.70. The van der Waals surface area contributed by atoms with Gasteiger partial charge in [-0.15, -0.1) is 0 Å². The van der Waals surface area contributed by atoms with E-state index in [0.717, 1.165) is 6.26 Å². The fraction of sp³-hybridized carbons (Fsp3) is 0.214. The Labute approximate surface area is 224 Å². The summed E-state index contributed by atoms with van der Waals surface area (Å²) in [4.78, 5) is 50.8. The lowest BCUT2D eigenvalue weighted by atomic mass is 10.1. The van der Waals surface area contributed by atoms with Crippen LogP contribution in [0.2, 0.25) is 0 Å². The molecule has 1 aliphatic rings. The lowest BCUT2D eigenvalue weighted by Crippen LogP contribution is -2.50. The van der Waals surface area contributed by atoms with Crippen LogP contribution in [0.4, 0.5) is 0 Å². The van der Waals surface area contributed by atoms with E-state index in [-0.39, 0.29) is 29.4 Å². The third-order valence-electron chi connectivity index (χ3n) is 5.86. The van der Waals surface area contributed by atoms with Crippen LogP contribution < -0.4 is 0 Å². The van der Waals surface area contributed by atoms with E-state index in [1.54, 1.807) is 54.6 Å². The van der Waals surface area contributed by atoms with Crippen LogP contribution in [0.3, 0.4) is 0 Å². The fourth-order valence-electron chi connectivity index (χ4n) is 3.99. The zero-order chi connectivity index (χ0) is 28.0. The van der Waals surface area contributed by atoms with Crippen LogP contribution in [-0.2, 0) is 33.3 Å². The van der Waals surface area contributed by atoms with Crippen LogP contribution >= 0.6 is 0 Å². The van der Waals surface area contributed by atoms with Gasteiger partial charge in [-0.25, -0.2) is 14.4 Å². The molecule has 0 amide bonds. The van der Waals surface area contributed by atoms with Gasteiger partial charge in [-0.1, -0.05) is 54.6 Å². The second-order valence-corrected chi connectivity index (χ2v) is 10.3. The molecule has 2 unspecified atom stereocenters. The number of rotatable bonds is 11. The van der Waals surface area contributed by atoms with Crippen molar-refractivity contribution in [3.63, 3.8) is 0 Å². The summed E-state index contributed by atoms with van der Waals surface area (Å²) in [5.74, 6) is -2.67. The number of esters is 3. The average molecular weight is 553 g/mol. The van der Waals surface area contributed by atoms with Crippen molar-refractivity contribution >= 4 is 34.3 Å². The molecule has 1 fully saturated rings. The van der Waals surface area contributed by atoms with E-state index in [0.29, 0.717) is 0 Å². The van der Waals surface area contributed by atoms with E-state index < -0.39 is 51.9 Å². The van der Waals surface area contributed by atoms with Crippen LogP contribution in [0.1, 0.15) is 37.5 Å². The Morgan fingerprint density at radius 2 is 1.21 bits per heavy atom. The van der Waals surface area contributed by atoms with Gasteiger partial charge in [0.1, 0.15) is 6.10 Å². The van der Waals surface area contributed by atoms with E-state index in [1.165, 1.54) is 36.4 Å². The normalized spacial score (nSPS) is 19.7. The summed E-state index contributed by atoms with van der Waals surface area (Å²) in [7, 11) is -4.26. The SMILES string of the molecule is CS(=O)(=O)OC1([C@@H](OC(=O)c2ccccc2)[C@H](C=O)OC(=O)c2ccccc2)CC1OC(=O)c1ccccc1. The van der Waals surface area contributed by atoms with Gasteiger partial charge in [-0.2, -0.15) is 8.42 Å². The number of benzene rings is 3. The number of ether oxygens (including phenoxy) is 3.